The third-order valence-corrected chi connectivity index (χ3v) is 3.31. The van der Waals surface area contributed by atoms with E-state index in [1.807, 2.05) is 13.8 Å². The zero-order valence-corrected chi connectivity index (χ0v) is 9.32. The Balaban J connectivity index is 3.14. The van der Waals surface area contributed by atoms with E-state index in [4.69, 9.17) is 5.14 Å². The predicted octanol–water partition coefficient (Wildman–Crippen LogP) is 0.814. The Bertz CT molecular complexity index is 408. The molecule has 80 valence electrons. The van der Waals surface area contributed by atoms with Crippen molar-refractivity contribution in [2.24, 2.45) is 5.14 Å². The lowest BCUT2D eigenvalue weighted by molar-refractivity contribution is 0.549. The maximum atomic E-state index is 11.1. The van der Waals surface area contributed by atoms with Gasteiger partial charge in [0.2, 0.25) is 10.0 Å². The Morgan fingerprint density at radius 2 is 2.00 bits per heavy atom. The van der Waals surface area contributed by atoms with E-state index >= 15 is 0 Å². The van der Waals surface area contributed by atoms with Crippen molar-refractivity contribution in [3.63, 3.8) is 0 Å². The zero-order chi connectivity index (χ0) is 10.9. The molecule has 0 aliphatic rings. The molecule has 5 nitrogen and oxygen atoms in total. The predicted molar refractivity (Wildman–Crippen MR) is 54.1 cm³/mol. The standard InChI is InChI=1S/C8H15N3O2S/c1-6(2)11-5-4-10-8(11)7(3)14(9,12)13/h4-7H,1-3H3,(H2,9,12,13)/t7-/m1/s1. The van der Waals surface area contributed by atoms with Gasteiger partial charge in [0.15, 0.2) is 0 Å². The Kier molecular flexibility index (Phi) is 2.96. The molecule has 0 aliphatic carbocycles. The van der Waals surface area contributed by atoms with Crippen LogP contribution in [0, 0.1) is 0 Å². The number of nitrogens with zero attached hydrogens (tertiary/aromatic N) is 2. The number of imidazole rings is 1. The van der Waals surface area contributed by atoms with Crippen LogP contribution in [-0.4, -0.2) is 18.0 Å². The highest BCUT2D eigenvalue weighted by Gasteiger charge is 2.23. The number of aromatic nitrogens is 2. The molecule has 0 fully saturated rings. The van der Waals surface area contributed by atoms with Crippen LogP contribution in [0.2, 0.25) is 0 Å². The SMILES string of the molecule is CC(C)n1ccnc1[C@@H](C)S(N)(=O)=O. The van der Waals surface area contributed by atoms with Crippen LogP contribution in [0.25, 0.3) is 0 Å². The van der Waals surface area contributed by atoms with E-state index in [1.165, 1.54) is 6.92 Å². The molecule has 0 saturated heterocycles. The first-order chi connectivity index (χ1) is 6.34. The van der Waals surface area contributed by atoms with Crippen LogP contribution in [0.15, 0.2) is 12.4 Å². The molecule has 0 aliphatic heterocycles. The molecule has 1 aromatic rings. The first-order valence-corrected chi connectivity index (χ1v) is 5.99. The molecule has 0 bridgehead atoms. The van der Waals surface area contributed by atoms with Crippen LogP contribution < -0.4 is 5.14 Å². The van der Waals surface area contributed by atoms with E-state index in [2.05, 4.69) is 4.98 Å². The van der Waals surface area contributed by atoms with Crippen LogP contribution in [0.5, 0.6) is 0 Å². The van der Waals surface area contributed by atoms with Crippen molar-refractivity contribution < 1.29 is 8.42 Å². The van der Waals surface area contributed by atoms with Crippen molar-refractivity contribution in [3.05, 3.63) is 18.2 Å². The van der Waals surface area contributed by atoms with Crippen LogP contribution in [-0.2, 0) is 10.0 Å². The van der Waals surface area contributed by atoms with Gasteiger partial charge < -0.3 is 4.57 Å². The fourth-order valence-corrected chi connectivity index (χ4v) is 1.70. The van der Waals surface area contributed by atoms with Crippen molar-refractivity contribution in [2.45, 2.75) is 32.1 Å². The average Bonchev–Trinajstić information content (AvgIpc) is 2.48. The van der Waals surface area contributed by atoms with Crippen molar-refractivity contribution in [1.82, 2.24) is 9.55 Å². The van der Waals surface area contributed by atoms with E-state index in [1.54, 1.807) is 17.0 Å². The number of rotatable bonds is 3. The van der Waals surface area contributed by atoms with E-state index in [0.717, 1.165) is 0 Å². The minimum absolute atomic E-state index is 0.178. The second-order valence-corrected chi connectivity index (χ2v) is 5.40. The first-order valence-electron chi connectivity index (χ1n) is 4.38. The molecule has 0 saturated carbocycles. The van der Waals surface area contributed by atoms with Crippen LogP contribution in [0.3, 0.4) is 0 Å². The van der Waals surface area contributed by atoms with Gasteiger partial charge in [0.1, 0.15) is 11.1 Å². The third kappa shape index (κ3) is 2.13. The van der Waals surface area contributed by atoms with E-state index in [-0.39, 0.29) is 6.04 Å². The van der Waals surface area contributed by atoms with Crippen LogP contribution >= 0.6 is 0 Å². The van der Waals surface area contributed by atoms with Gasteiger partial charge in [0, 0.05) is 18.4 Å². The maximum Gasteiger partial charge on any atom is 0.218 e. The molecule has 0 aromatic carbocycles. The number of sulfonamides is 1. The molecule has 1 rings (SSSR count). The second-order valence-electron chi connectivity index (χ2n) is 3.52. The summed E-state index contributed by atoms with van der Waals surface area (Å²) in [6, 6.07) is 0.178. The fraction of sp³-hybridized carbons (Fsp3) is 0.625. The molecule has 1 aromatic heterocycles. The molecule has 0 spiro atoms. The normalized spacial score (nSPS) is 14.6. The molecule has 14 heavy (non-hydrogen) atoms. The second kappa shape index (κ2) is 3.70. The van der Waals surface area contributed by atoms with Gasteiger partial charge in [-0.15, -0.1) is 0 Å². The summed E-state index contributed by atoms with van der Waals surface area (Å²) in [6.45, 7) is 5.46. The number of nitrogens with two attached hydrogens (primary N) is 1. The summed E-state index contributed by atoms with van der Waals surface area (Å²) in [5.74, 6) is 0.488. The van der Waals surface area contributed by atoms with Gasteiger partial charge in [-0.3, -0.25) is 0 Å². The Morgan fingerprint density at radius 3 is 2.43 bits per heavy atom. The fourth-order valence-electron chi connectivity index (χ4n) is 1.22. The lowest BCUT2D eigenvalue weighted by Gasteiger charge is -2.14. The van der Waals surface area contributed by atoms with Gasteiger partial charge in [0.05, 0.1) is 0 Å². The summed E-state index contributed by atoms with van der Waals surface area (Å²) in [7, 11) is -3.57. The van der Waals surface area contributed by atoms with Gasteiger partial charge >= 0.3 is 0 Å². The van der Waals surface area contributed by atoms with Crippen molar-refractivity contribution in [3.8, 4) is 0 Å². The molecule has 0 amide bonds. The highest BCUT2D eigenvalue weighted by atomic mass is 32.2. The summed E-state index contributed by atoms with van der Waals surface area (Å²) in [5.41, 5.74) is 0. The molecule has 0 unspecified atom stereocenters. The van der Waals surface area contributed by atoms with Gasteiger partial charge in [-0.05, 0) is 20.8 Å². The van der Waals surface area contributed by atoms with Crippen molar-refractivity contribution >= 4 is 10.0 Å². The minimum Gasteiger partial charge on any atom is -0.331 e. The van der Waals surface area contributed by atoms with E-state index in [0.29, 0.717) is 5.82 Å². The minimum atomic E-state index is -3.57. The molecule has 6 heteroatoms. The molecule has 0 radical (unpaired) electrons. The summed E-state index contributed by atoms with van der Waals surface area (Å²) in [5, 5.41) is 4.29. The third-order valence-electron chi connectivity index (χ3n) is 2.11. The van der Waals surface area contributed by atoms with Crippen molar-refractivity contribution in [1.29, 1.82) is 0 Å². The quantitative estimate of drug-likeness (QED) is 0.814. The maximum absolute atomic E-state index is 11.1. The van der Waals surface area contributed by atoms with E-state index in [9.17, 15) is 8.42 Å². The first kappa shape index (κ1) is 11.2. The number of hydrogen-bond donors (Lipinski definition) is 1. The summed E-state index contributed by atoms with van der Waals surface area (Å²) >= 11 is 0. The monoisotopic (exact) mass is 217 g/mol. The zero-order valence-electron chi connectivity index (χ0n) is 8.51. The van der Waals surface area contributed by atoms with Crippen LogP contribution in [0.4, 0.5) is 0 Å². The molecule has 1 heterocycles. The summed E-state index contributed by atoms with van der Waals surface area (Å²) in [4.78, 5) is 4.01. The topological polar surface area (TPSA) is 78.0 Å². The van der Waals surface area contributed by atoms with Gasteiger partial charge in [-0.1, -0.05) is 0 Å². The largest absolute Gasteiger partial charge is 0.331 e. The summed E-state index contributed by atoms with van der Waals surface area (Å²) < 4.78 is 24.1. The molecular formula is C8H15N3O2S. The highest BCUT2D eigenvalue weighted by molar-refractivity contribution is 7.89. The Hall–Kier alpha value is -0.880. The molecule has 1 atom stereocenters. The Labute approximate surface area is 84.0 Å². The smallest absolute Gasteiger partial charge is 0.218 e. The lowest BCUT2D eigenvalue weighted by Crippen LogP contribution is -2.22. The van der Waals surface area contributed by atoms with Gasteiger partial charge in [0.25, 0.3) is 0 Å². The number of primary sulfonamides is 1. The van der Waals surface area contributed by atoms with Gasteiger partial charge in [-0.2, -0.15) is 0 Å². The van der Waals surface area contributed by atoms with Crippen molar-refractivity contribution in [2.75, 3.05) is 0 Å². The van der Waals surface area contributed by atoms with E-state index < -0.39 is 15.3 Å². The Morgan fingerprint density at radius 1 is 1.43 bits per heavy atom. The molecular weight excluding hydrogens is 202 g/mol. The van der Waals surface area contributed by atoms with Crippen LogP contribution in [0.1, 0.15) is 37.9 Å². The lowest BCUT2D eigenvalue weighted by atomic mass is 10.3. The van der Waals surface area contributed by atoms with Gasteiger partial charge in [-0.25, -0.2) is 18.5 Å². The highest BCUT2D eigenvalue weighted by Crippen LogP contribution is 2.20. The average molecular weight is 217 g/mol. The molecule has 2 N–H and O–H groups in total. The summed E-state index contributed by atoms with van der Waals surface area (Å²) in [6.07, 6.45) is 3.33. The number of hydrogen-bond acceptors (Lipinski definition) is 3.